The highest BCUT2D eigenvalue weighted by molar-refractivity contribution is 9.10. The molecule has 0 amide bonds. The molecule has 5 heteroatoms. The molecular weight excluding hydrogens is 316 g/mol. The fraction of sp³-hybridized carbons (Fsp3) is 0.286. The van der Waals surface area contributed by atoms with Gasteiger partial charge in [0.2, 0.25) is 0 Å². The van der Waals surface area contributed by atoms with Crippen molar-refractivity contribution in [3.63, 3.8) is 0 Å². The zero-order chi connectivity index (χ0) is 13.4. The number of nitrogens with one attached hydrogen (secondary N) is 1. The number of furan rings is 1. The highest BCUT2D eigenvalue weighted by atomic mass is 79.9. The van der Waals surface area contributed by atoms with Gasteiger partial charge in [-0.25, -0.2) is 8.78 Å². The summed E-state index contributed by atoms with van der Waals surface area (Å²) in [4.78, 5) is 0. The van der Waals surface area contributed by atoms with Crippen LogP contribution in [0, 0.1) is 11.6 Å². The first-order valence-electron chi connectivity index (χ1n) is 6.10. The molecule has 100 valence electrons. The summed E-state index contributed by atoms with van der Waals surface area (Å²) in [5.74, 6) is 0.0518. The molecule has 0 radical (unpaired) electrons. The molecule has 0 spiro atoms. The third kappa shape index (κ3) is 2.87. The van der Waals surface area contributed by atoms with Gasteiger partial charge in [-0.15, -0.1) is 0 Å². The summed E-state index contributed by atoms with van der Waals surface area (Å²) >= 11 is 2.95. The zero-order valence-corrected chi connectivity index (χ0v) is 11.6. The second-order valence-electron chi connectivity index (χ2n) is 4.67. The van der Waals surface area contributed by atoms with Crippen molar-refractivity contribution in [3.05, 3.63) is 46.1 Å². The number of hydrogen-bond donors (Lipinski definition) is 1. The fourth-order valence-electron chi connectivity index (χ4n) is 1.86. The second-order valence-corrected chi connectivity index (χ2v) is 5.52. The predicted molar refractivity (Wildman–Crippen MR) is 71.6 cm³/mol. The molecule has 2 nitrogen and oxygen atoms in total. The lowest BCUT2D eigenvalue weighted by Crippen LogP contribution is -2.14. The maximum absolute atomic E-state index is 13.8. The van der Waals surface area contributed by atoms with E-state index in [0.717, 1.165) is 17.9 Å². The van der Waals surface area contributed by atoms with E-state index >= 15 is 0 Å². The van der Waals surface area contributed by atoms with Crippen molar-refractivity contribution >= 4 is 15.9 Å². The summed E-state index contributed by atoms with van der Waals surface area (Å²) in [6, 6.07) is 6.27. The predicted octanol–water partition coefficient (Wildman–Crippen LogP) is 4.24. The minimum Gasteiger partial charge on any atom is -0.460 e. The summed E-state index contributed by atoms with van der Waals surface area (Å²) in [7, 11) is 0. The van der Waals surface area contributed by atoms with Crippen molar-refractivity contribution in [1.82, 2.24) is 5.32 Å². The molecule has 1 aliphatic carbocycles. The van der Waals surface area contributed by atoms with E-state index in [9.17, 15) is 8.78 Å². The van der Waals surface area contributed by atoms with Crippen LogP contribution in [0.2, 0.25) is 0 Å². The van der Waals surface area contributed by atoms with Gasteiger partial charge in [-0.3, -0.25) is 0 Å². The Balaban J connectivity index is 1.83. The molecule has 1 heterocycles. The van der Waals surface area contributed by atoms with Crippen LogP contribution in [0.4, 0.5) is 8.78 Å². The first-order valence-corrected chi connectivity index (χ1v) is 6.90. The van der Waals surface area contributed by atoms with Crippen LogP contribution in [-0.4, -0.2) is 6.04 Å². The molecule has 1 aromatic carbocycles. The van der Waals surface area contributed by atoms with Crippen LogP contribution in [-0.2, 0) is 6.54 Å². The van der Waals surface area contributed by atoms with E-state index in [-0.39, 0.29) is 10.0 Å². The van der Waals surface area contributed by atoms with Crippen molar-refractivity contribution in [2.24, 2.45) is 0 Å². The lowest BCUT2D eigenvalue weighted by Gasteiger charge is -2.02. The molecule has 0 unspecified atom stereocenters. The lowest BCUT2D eigenvalue weighted by molar-refractivity contribution is 0.488. The Labute approximate surface area is 117 Å². The minimum absolute atomic E-state index is 0.107. The van der Waals surface area contributed by atoms with Crippen LogP contribution in [0.3, 0.4) is 0 Å². The quantitative estimate of drug-likeness (QED) is 0.850. The maximum Gasteiger partial charge on any atom is 0.138 e. The highest BCUT2D eigenvalue weighted by Gasteiger charge is 2.21. The Kier molecular flexibility index (Phi) is 3.41. The van der Waals surface area contributed by atoms with Crippen molar-refractivity contribution in [1.29, 1.82) is 0 Å². The smallest absolute Gasteiger partial charge is 0.138 e. The number of rotatable bonds is 4. The van der Waals surface area contributed by atoms with E-state index in [0.29, 0.717) is 18.3 Å². The van der Waals surface area contributed by atoms with Gasteiger partial charge in [0.25, 0.3) is 0 Å². The number of hydrogen-bond acceptors (Lipinski definition) is 2. The first-order chi connectivity index (χ1) is 9.13. The molecule has 1 aliphatic rings. The summed E-state index contributed by atoms with van der Waals surface area (Å²) < 4.78 is 32.9. The first kappa shape index (κ1) is 12.8. The van der Waals surface area contributed by atoms with Crippen LogP contribution >= 0.6 is 15.9 Å². The van der Waals surface area contributed by atoms with Crippen molar-refractivity contribution in [3.8, 4) is 11.3 Å². The molecule has 0 atom stereocenters. The molecule has 1 fully saturated rings. The number of benzene rings is 1. The Morgan fingerprint density at radius 3 is 2.74 bits per heavy atom. The van der Waals surface area contributed by atoms with Crippen LogP contribution < -0.4 is 5.32 Å². The second kappa shape index (κ2) is 5.06. The van der Waals surface area contributed by atoms with Crippen molar-refractivity contribution < 1.29 is 13.2 Å². The van der Waals surface area contributed by atoms with Gasteiger partial charge in [-0.1, -0.05) is 0 Å². The molecule has 0 bridgehead atoms. The van der Waals surface area contributed by atoms with Crippen LogP contribution in [0.1, 0.15) is 18.6 Å². The fourth-order valence-corrected chi connectivity index (χ4v) is 2.18. The molecular formula is C14H12BrF2NO. The van der Waals surface area contributed by atoms with E-state index in [1.807, 2.05) is 0 Å². The Bertz CT molecular complexity index is 607. The molecule has 1 saturated carbocycles. The zero-order valence-electron chi connectivity index (χ0n) is 10.1. The van der Waals surface area contributed by atoms with Crippen molar-refractivity contribution in [2.45, 2.75) is 25.4 Å². The lowest BCUT2D eigenvalue weighted by atomic mass is 10.1. The highest BCUT2D eigenvalue weighted by Crippen LogP contribution is 2.29. The Morgan fingerprint density at radius 1 is 1.21 bits per heavy atom. The van der Waals surface area contributed by atoms with Crippen molar-refractivity contribution in [2.75, 3.05) is 0 Å². The number of halogens is 3. The largest absolute Gasteiger partial charge is 0.460 e. The van der Waals surface area contributed by atoms with E-state index in [1.165, 1.54) is 12.8 Å². The summed E-state index contributed by atoms with van der Waals surface area (Å²) in [5, 5.41) is 3.30. The van der Waals surface area contributed by atoms with Gasteiger partial charge < -0.3 is 9.73 Å². The van der Waals surface area contributed by atoms with E-state index in [4.69, 9.17) is 4.42 Å². The van der Waals surface area contributed by atoms with E-state index in [2.05, 4.69) is 21.2 Å². The summed E-state index contributed by atoms with van der Waals surface area (Å²) in [5.41, 5.74) is 0.137. The maximum atomic E-state index is 13.8. The van der Waals surface area contributed by atoms with E-state index < -0.39 is 11.6 Å². The van der Waals surface area contributed by atoms with Gasteiger partial charge in [0.15, 0.2) is 0 Å². The average Bonchev–Trinajstić information content (AvgIpc) is 3.09. The molecule has 1 N–H and O–H groups in total. The van der Waals surface area contributed by atoms with Crippen LogP contribution in [0.5, 0.6) is 0 Å². The summed E-state index contributed by atoms with van der Waals surface area (Å²) in [6.45, 7) is 0.616. The third-order valence-corrected chi connectivity index (χ3v) is 3.69. The topological polar surface area (TPSA) is 25.2 Å². The Hall–Kier alpha value is -1.20. The average molecular weight is 328 g/mol. The molecule has 0 aliphatic heterocycles. The molecule has 2 aromatic rings. The van der Waals surface area contributed by atoms with Gasteiger partial charge in [0, 0.05) is 6.04 Å². The molecule has 0 saturated heterocycles. The summed E-state index contributed by atoms with van der Waals surface area (Å²) in [6.07, 6.45) is 2.39. The monoisotopic (exact) mass is 327 g/mol. The minimum atomic E-state index is -0.510. The normalized spacial score (nSPS) is 14.9. The van der Waals surface area contributed by atoms with Gasteiger partial charge in [0.1, 0.15) is 23.2 Å². The Morgan fingerprint density at radius 2 is 2.00 bits per heavy atom. The third-order valence-electron chi connectivity index (χ3n) is 3.08. The standard InChI is InChI=1S/C14H12BrF2NO/c15-11-6-12(16)10(5-13(11)17)14-4-3-9(19-14)7-18-8-1-2-8/h3-6,8,18H,1-2,7H2. The molecule has 19 heavy (non-hydrogen) atoms. The van der Waals surface area contributed by atoms with Gasteiger partial charge in [0.05, 0.1) is 16.6 Å². The van der Waals surface area contributed by atoms with Crippen LogP contribution in [0.25, 0.3) is 11.3 Å². The van der Waals surface area contributed by atoms with Crippen LogP contribution in [0.15, 0.2) is 33.2 Å². The SMILES string of the molecule is Fc1cc(-c2ccc(CNC3CC3)o2)c(F)cc1Br. The van der Waals surface area contributed by atoms with Gasteiger partial charge in [-0.05, 0) is 53.0 Å². The van der Waals surface area contributed by atoms with Gasteiger partial charge in [-0.2, -0.15) is 0 Å². The van der Waals surface area contributed by atoms with E-state index in [1.54, 1.807) is 12.1 Å². The van der Waals surface area contributed by atoms with Gasteiger partial charge >= 0.3 is 0 Å². The molecule has 1 aromatic heterocycles. The molecule has 3 rings (SSSR count).